The van der Waals surface area contributed by atoms with Gasteiger partial charge in [-0.15, -0.1) is 0 Å². The molecule has 0 saturated carbocycles. The summed E-state index contributed by atoms with van der Waals surface area (Å²) in [5, 5.41) is 10.3. The van der Waals surface area contributed by atoms with E-state index in [0.717, 1.165) is 17.0 Å². The number of carbonyl (C=O) groups excluding carboxylic acids is 2. The minimum atomic E-state index is -0.446. The Morgan fingerprint density at radius 1 is 1.07 bits per heavy atom. The molecule has 0 fully saturated rings. The number of aryl methyl sites for hydroxylation is 1. The molecule has 0 unspecified atom stereocenters. The maximum absolute atomic E-state index is 12.1. The zero-order valence-electron chi connectivity index (χ0n) is 16.9. The molecule has 2 N–H and O–H groups in total. The first kappa shape index (κ1) is 20.7. The van der Waals surface area contributed by atoms with E-state index in [1.807, 2.05) is 57.5 Å². The number of nitrogens with one attached hydrogen (secondary N) is 2. The summed E-state index contributed by atoms with van der Waals surface area (Å²) in [5.74, 6) is -0.136. The maximum atomic E-state index is 12.1. The van der Waals surface area contributed by atoms with Crippen molar-refractivity contribution in [3.05, 3.63) is 52.8 Å². The van der Waals surface area contributed by atoms with Crippen LogP contribution in [0.25, 0.3) is 0 Å². The molecule has 0 radical (unpaired) electrons. The Hall–Kier alpha value is -2.63. The monoisotopic (exact) mass is 370 g/mol. The zero-order chi connectivity index (χ0) is 20.0. The van der Waals surface area contributed by atoms with Crippen molar-refractivity contribution in [2.24, 2.45) is 5.41 Å². The highest BCUT2D eigenvalue weighted by Crippen LogP contribution is 2.15. The van der Waals surface area contributed by atoms with Gasteiger partial charge in [-0.1, -0.05) is 51.1 Å². The minimum Gasteiger partial charge on any atom is -0.355 e. The second-order valence-corrected chi connectivity index (χ2v) is 7.83. The number of benzene rings is 1. The van der Waals surface area contributed by atoms with Gasteiger partial charge in [0.15, 0.2) is 0 Å². The number of rotatable bonds is 7. The smallest absolute Gasteiger partial charge is 0.225 e. The van der Waals surface area contributed by atoms with Crippen molar-refractivity contribution in [1.82, 2.24) is 20.4 Å². The molecular weight excluding hydrogens is 340 g/mol. The van der Waals surface area contributed by atoms with E-state index >= 15 is 0 Å². The largest absolute Gasteiger partial charge is 0.355 e. The van der Waals surface area contributed by atoms with E-state index in [4.69, 9.17) is 0 Å². The molecule has 0 bridgehead atoms. The lowest BCUT2D eigenvalue weighted by atomic mass is 9.96. The molecule has 6 nitrogen and oxygen atoms in total. The van der Waals surface area contributed by atoms with Crippen molar-refractivity contribution >= 4 is 11.8 Å². The van der Waals surface area contributed by atoms with Gasteiger partial charge < -0.3 is 10.6 Å². The van der Waals surface area contributed by atoms with Crippen LogP contribution in [0.4, 0.5) is 0 Å². The molecule has 1 heterocycles. The molecule has 2 rings (SSSR count). The van der Waals surface area contributed by atoms with Crippen molar-refractivity contribution in [3.8, 4) is 0 Å². The van der Waals surface area contributed by atoms with Crippen molar-refractivity contribution in [2.75, 3.05) is 6.54 Å². The summed E-state index contributed by atoms with van der Waals surface area (Å²) in [6.07, 6.45) is 0.262. The van der Waals surface area contributed by atoms with Crippen molar-refractivity contribution in [2.45, 2.75) is 54.1 Å². The molecule has 2 aromatic rings. The molecule has 1 aromatic carbocycles. The third-order valence-corrected chi connectivity index (χ3v) is 4.49. The van der Waals surface area contributed by atoms with Crippen LogP contribution >= 0.6 is 0 Å². The van der Waals surface area contributed by atoms with Gasteiger partial charge in [-0.25, -0.2) is 0 Å². The molecule has 0 spiro atoms. The fourth-order valence-electron chi connectivity index (χ4n) is 2.73. The van der Waals surface area contributed by atoms with Crippen LogP contribution in [0.3, 0.4) is 0 Å². The van der Waals surface area contributed by atoms with E-state index in [0.29, 0.717) is 19.6 Å². The summed E-state index contributed by atoms with van der Waals surface area (Å²) in [6.45, 7) is 11.0. The summed E-state index contributed by atoms with van der Waals surface area (Å²) >= 11 is 0. The van der Waals surface area contributed by atoms with Gasteiger partial charge in [0.05, 0.1) is 12.2 Å². The number of hydrogen-bond donors (Lipinski definition) is 2. The minimum absolute atomic E-state index is 0.0517. The highest BCUT2D eigenvalue weighted by molar-refractivity contribution is 5.82. The fraction of sp³-hybridized carbons (Fsp3) is 0.476. The third-order valence-electron chi connectivity index (χ3n) is 4.49. The van der Waals surface area contributed by atoms with Gasteiger partial charge in [0.1, 0.15) is 0 Å². The van der Waals surface area contributed by atoms with Crippen LogP contribution in [0.5, 0.6) is 0 Å². The van der Waals surface area contributed by atoms with Gasteiger partial charge in [0.2, 0.25) is 11.8 Å². The number of carbonyl (C=O) groups is 2. The van der Waals surface area contributed by atoms with Crippen LogP contribution in [0.2, 0.25) is 0 Å². The van der Waals surface area contributed by atoms with Crippen molar-refractivity contribution in [1.29, 1.82) is 0 Å². The molecule has 0 aliphatic heterocycles. The standard InChI is InChI=1S/C21H30N4O2/c1-15-18(13-23-19(26)11-12-22-20(27)21(3,4)5)16(2)25(24-15)14-17-9-7-6-8-10-17/h6-10H,11-14H2,1-5H3,(H,22,27)(H,23,26). The summed E-state index contributed by atoms with van der Waals surface area (Å²) in [4.78, 5) is 23.9. The normalized spacial score (nSPS) is 11.3. The Morgan fingerprint density at radius 3 is 2.37 bits per heavy atom. The van der Waals surface area contributed by atoms with Crippen LogP contribution in [-0.2, 0) is 22.7 Å². The zero-order valence-corrected chi connectivity index (χ0v) is 16.9. The van der Waals surface area contributed by atoms with Gasteiger partial charge in [0.25, 0.3) is 0 Å². The number of nitrogens with zero attached hydrogens (tertiary/aromatic N) is 2. The highest BCUT2D eigenvalue weighted by atomic mass is 16.2. The van der Waals surface area contributed by atoms with Gasteiger partial charge in [-0.2, -0.15) is 5.10 Å². The van der Waals surface area contributed by atoms with E-state index in [2.05, 4.69) is 27.9 Å². The summed E-state index contributed by atoms with van der Waals surface area (Å²) in [5.41, 5.74) is 3.76. The van der Waals surface area contributed by atoms with Crippen LogP contribution in [-0.4, -0.2) is 28.1 Å². The summed E-state index contributed by atoms with van der Waals surface area (Å²) in [7, 11) is 0. The van der Waals surface area contributed by atoms with Gasteiger partial charge in [-0.3, -0.25) is 14.3 Å². The highest BCUT2D eigenvalue weighted by Gasteiger charge is 2.20. The number of aromatic nitrogens is 2. The van der Waals surface area contributed by atoms with E-state index in [1.165, 1.54) is 5.56 Å². The number of hydrogen-bond acceptors (Lipinski definition) is 3. The average molecular weight is 370 g/mol. The van der Waals surface area contributed by atoms with E-state index in [-0.39, 0.29) is 18.2 Å². The van der Waals surface area contributed by atoms with Crippen LogP contribution in [0.1, 0.15) is 49.7 Å². The Balaban J connectivity index is 1.87. The second-order valence-electron chi connectivity index (χ2n) is 7.83. The first-order valence-electron chi connectivity index (χ1n) is 9.30. The summed E-state index contributed by atoms with van der Waals surface area (Å²) < 4.78 is 1.97. The Labute approximate surface area is 161 Å². The summed E-state index contributed by atoms with van der Waals surface area (Å²) in [6, 6.07) is 10.2. The quantitative estimate of drug-likeness (QED) is 0.787. The Morgan fingerprint density at radius 2 is 1.74 bits per heavy atom. The lowest BCUT2D eigenvalue weighted by Gasteiger charge is -2.17. The third kappa shape index (κ3) is 5.94. The molecule has 0 aliphatic rings. The molecule has 0 atom stereocenters. The van der Waals surface area contributed by atoms with Crippen molar-refractivity contribution in [3.63, 3.8) is 0 Å². The van der Waals surface area contributed by atoms with Crippen LogP contribution in [0, 0.1) is 19.3 Å². The maximum Gasteiger partial charge on any atom is 0.225 e. The SMILES string of the molecule is Cc1nn(Cc2ccccc2)c(C)c1CNC(=O)CCNC(=O)C(C)(C)C. The van der Waals surface area contributed by atoms with Crippen LogP contribution in [0.15, 0.2) is 30.3 Å². The first-order valence-corrected chi connectivity index (χ1v) is 9.30. The lowest BCUT2D eigenvalue weighted by Crippen LogP contribution is -2.37. The molecule has 2 amide bonds. The molecular formula is C21H30N4O2. The Kier molecular flexibility index (Phi) is 6.77. The molecule has 27 heavy (non-hydrogen) atoms. The Bertz CT molecular complexity index is 789. The van der Waals surface area contributed by atoms with Gasteiger partial charge in [-0.05, 0) is 19.4 Å². The van der Waals surface area contributed by atoms with E-state index < -0.39 is 5.41 Å². The second kappa shape index (κ2) is 8.84. The topological polar surface area (TPSA) is 76.0 Å². The van der Waals surface area contributed by atoms with Crippen LogP contribution < -0.4 is 10.6 Å². The number of amides is 2. The molecule has 6 heteroatoms. The van der Waals surface area contributed by atoms with E-state index in [9.17, 15) is 9.59 Å². The fourth-order valence-corrected chi connectivity index (χ4v) is 2.73. The van der Waals surface area contributed by atoms with Gasteiger partial charge >= 0.3 is 0 Å². The molecule has 1 aromatic heterocycles. The average Bonchev–Trinajstić information content (AvgIpc) is 2.86. The first-order chi connectivity index (χ1) is 12.7. The predicted molar refractivity (Wildman–Crippen MR) is 106 cm³/mol. The van der Waals surface area contributed by atoms with Crippen molar-refractivity contribution < 1.29 is 9.59 Å². The molecule has 146 valence electrons. The lowest BCUT2D eigenvalue weighted by molar-refractivity contribution is -0.128. The van der Waals surface area contributed by atoms with E-state index in [1.54, 1.807) is 0 Å². The molecule has 0 saturated heterocycles. The van der Waals surface area contributed by atoms with Gasteiger partial charge in [0, 0.05) is 36.2 Å². The molecule has 0 aliphatic carbocycles. The predicted octanol–water partition coefficient (Wildman–Crippen LogP) is 2.72.